The number of hydrogen-bond acceptors (Lipinski definition) is 6. The first-order valence-corrected chi connectivity index (χ1v) is 11.9. The van der Waals surface area contributed by atoms with E-state index in [4.69, 9.17) is 16.3 Å². The number of carbonyl (C=O) groups is 2. The van der Waals surface area contributed by atoms with Crippen molar-refractivity contribution in [2.75, 3.05) is 19.8 Å². The number of pyridine rings is 1. The molecule has 3 rings (SSSR count). The monoisotopic (exact) mass is 546 g/mol. The molecular weight excluding hydrogens is 520 g/mol. The van der Waals surface area contributed by atoms with Crippen molar-refractivity contribution < 1.29 is 36.6 Å². The Bertz CT molecular complexity index is 1100. The van der Waals surface area contributed by atoms with Crippen LogP contribution in [0.4, 0.5) is 17.6 Å². The van der Waals surface area contributed by atoms with Crippen LogP contribution in [0.5, 0.6) is 5.88 Å². The smallest absolute Gasteiger partial charge is 0.411 e. The summed E-state index contributed by atoms with van der Waals surface area (Å²) in [6.07, 6.45) is -3.85. The van der Waals surface area contributed by atoms with Gasteiger partial charge in [-0.05, 0) is 17.2 Å². The van der Waals surface area contributed by atoms with E-state index >= 15 is 0 Å². The Morgan fingerprint density at radius 2 is 2.00 bits per heavy atom. The van der Waals surface area contributed by atoms with Gasteiger partial charge in [-0.25, -0.2) is 9.37 Å². The lowest BCUT2D eigenvalue weighted by Crippen LogP contribution is -2.47. The molecule has 1 fully saturated rings. The molecule has 2 heterocycles. The Morgan fingerprint density at radius 1 is 1.24 bits per heavy atom. The second kappa shape index (κ2) is 12.5. The van der Waals surface area contributed by atoms with Gasteiger partial charge >= 0.3 is 6.18 Å². The minimum atomic E-state index is -4.41. The summed E-state index contributed by atoms with van der Waals surface area (Å²) in [5, 5.41) is 8.65. The first kappa shape index (κ1) is 28.6. The van der Waals surface area contributed by atoms with Crippen molar-refractivity contribution in [1.29, 1.82) is 0 Å². The van der Waals surface area contributed by atoms with Gasteiger partial charge in [-0.15, -0.1) is 0 Å². The van der Waals surface area contributed by atoms with Gasteiger partial charge in [0.15, 0.2) is 0 Å². The van der Waals surface area contributed by atoms with E-state index in [1.807, 2.05) is 0 Å². The molecule has 0 radical (unpaired) electrons. The summed E-state index contributed by atoms with van der Waals surface area (Å²) < 4.78 is 60.8. The molecule has 13 heteroatoms. The molecule has 2 aromatic rings. The van der Waals surface area contributed by atoms with Gasteiger partial charge in [0.2, 0.25) is 17.7 Å². The molecule has 0 spiro atoms. The Balaban J connectivity index is 1.66. The Hall–Kier alpha value is -2.96. The lowest BCUT2D eigenvalue weighted by molar-refractivity contribution is -0.175. The number of aromatic nitrogens is 1. The molecule has 8 nitrogen and oxygen atoms in total. The quantitative estimate of drug-likeness (QED) is 0.308. The van der Waals surface area contributed by atoms with Crippen LogP contribution in [-0.2, 0) is 20.9 Å². The fourth-order valence-electron chi connectivity index (χ4n) is 3.56. The number of ether oxygens (including phenoxy) is 2. The molecule has 2 amide bonds. The predicted molar refractivity (Wildman–Crippen MR) is 126 cm³/mol. The van der Waals surface area contributed by atoms with Gasteiger partial charge in [0.05, 0.1) is 11.6 Å². The molecule has 202 valence electrons. The summed E-state index contributed by atoms with van der Waals surface area (Å²) in [7, 11) is 0. The first-order valence-electron chi connectivity index (χ1n) is 11.5. The number of rotatable bonds is 10. The number of nitrogens with one attached hydrogen (secondary N) is 3. The van der Waals surface area contributed by atoms with E-state index in [0.717, 1.165) is 0 Å². The van der Waals surface area contributed by atoms with Crippen LogP contribution in [0, 0.1) is 11.7 Å². The number of amides is 2. The molecule has 0 bridgehead atoms. The Morgan fingerprint density at radius 3 is 2.65 bits per heavy atom. The van der Waals surface area contributed by atoms with E-state index in [9.17, 15) is 27.2 Å². The minimum Gasteiger partial charge on any atom is -0.475 e. The largest absolute Gasteiger partial charge is 0.475 e. The van der Waals surface area contributed by atoms with Gasteiger partial charge in [-0.2, -0.15) is 13.2 Å². The van der Waals surface area contributed by atoms with E-state index in [0.29, 0.717) is 11.1 Å². The van der Waals surface area contributed by atoms with Gasteiger partial charge in [-0.1, -0.05) is 37.6 Å². The van der Waals surface area contributed by atoms with Crippen molar-refractivity contribution >= 4 is 23.4 Å². The maximum atomic E-state index is 14.8. The van der Waals surface area contributed by atoms with Gasteiger partial charge in [0.25, 0.3) is 0 Å². The van der Waals surface area contributed by atoms with Crippen molar-refractivity contribution in [1.82, 2.24) is 20.9 Å². The summed E-state index contributed by atoms with van der Waals surface area (Å²) in [5.74, 6) is -1.21. The third kappa shape index (κ3) is 8.27. The number of alkyl halides is 3. The topological polar surface area (TPSA) is 102 Å². The van der Waals surface area contributed by atoms with E-state index in [1.54, 1.807) is 19.9 Å². The fraction of sp³-hybridized carbons (Fsp3) is 0.458. The molecule has 2 unspecified atom stereocenters. The lowest BCUT2D eigenvalue weighted by Gasteiger charge is -2.33. The van der Waals surface area contributed by atoms with Crippen LogP contribution in [0.3, 0.4) is 0 Å². The maximum Gasteiger partial charge on any atom is 0.411 e. The van der Waals surface area contributed by atoms with Crippen LogP contribution in [0.2, 0.25) is 5.02 Å². The minimum absolute atomic E-state index is 0.0442. The number of benzene rings is 1. The van der Waals surface area contributed by atoms with E-state index < -0.39 is 30.8 Å². The summed E-state index contributed by atoms with van der Waals surface area (Å²) in [5.41, 5.74) is 1.15. The zero-order valence-electron chi connectivity index (χ0n) is 20.1. The average molecular weight is 547 g/mol. The molecule has 1 aliphatic rings. The molecule has 0 aliphatic carbocycles. The molecule has 3 N–H and O–H groups in total. The van der Waals surface area contributed by atoms with Gasteiger partial charge in [0.1, 0.15) is 25.2 Å². The highest BCUT2D eigenvalue weighted by Crippen LogP contribution is 2.33. The molecule has 1 saturated heterocycles. The molecule has 1 aromatic carbocycles. The van der Waals surface area contributed by atoms with Crippen molar-refractivity contribution in [3.8, 4) is 5.88 Å². The van der Waals surface area contributed by atoms with E-state index in [2.05, 4.69) is 25.7 Å². The van der Waals surface area contributed by atoms with Crippen LogP contribution in [-0.4, -0.2) is 42.8 Å². The number of halogens is 5. The number of carbonyl (C=O) groups excluding carboxylic acids is 2. The average Bonchev–Trinajstić information content (AvgIpc) is 2.82. The highest BCUT2D eigenvalue weighted by molar-refractivity contribution is 6.32. The van der Waals surface area contributed by atoms with E-state index in [-0.39, 0.29) is 60.4 Å². The summed E-state index contributed by atoms with van der Waals surface area (Å²) in [6.45, 7) is 1.84. The summed E-state index contributed by atoms with van der Waals surface area (Å²) in [4.78, 5) is 28.5. The van der Waals surface area contributed by atoms with Gasteiger partial charge in [0, 0.05) is 42.8 Å². The Labute approximate surface area is 216 Å². The third-order valence-electron chi connectivity index (χ3n) is 5.44. The van der Waals surface area contributed by atoms with Crippen molar-refractivity contribution in [3.05, 3.63) is 58.0 Å². The zero-order chi connectivity index (χ0) is 27.2. The van der Waals surface area contributed by atoms with Gasteiger partial charge < -0.3 is 20.1 Å². The molecule has 2 atom stereocenters. The van der Waals surface area contributed by atoms with Crippen LogP contribution in [0.15, 0.2) is 30.5 Å². The van der Waals surface area contributed by atoms with Crippen molar-refractivity contribution in [2.24, 2.45) is 5.92 Å². The molecule has 0 saturated carbocycles. The summed E-state index contributed by atoms with van der Waals surface area (Å²) >= 11 is 6.48. The van der Waals surface area contributed by atoms with Crippen LogP contribution in [0.1, 0.15) is 49.2 Å². The van der Waals surface area contributed by atoms with Crippen molar-refractivity contribution in [3.63, 3.8) is 0 Å². The molecule has 1 aromatic heterocycles. The second-order valence-corrected chi connectivity index (χ2v) is 9.05. The molecule has 1 aliphatic heterocycles. The standard InChI is InChI=1S/C24H27ClF4N4O4/c1-13(2)23(35)31-11-15-3-5-16(26)20(21(15)25)22-32-17(9-18(34)33-22)14-4-6-19(30-10-14)37-8-7-36-12-24(27,28)29/h3-6,10,13,17,22,32H,7-9,11-12H2,1-2H3,(H,31,35)(H,33,34). The lowest BCUT2D eigenvalue weighted by atomic mass is 9.99. The van der Waals surface area contributed by atoms with Crippen LogP contribution in [0.25, 0.3) is 0 Å². The van der Waals surface area contributed by atoms with Gasteiger partial charge in [-0.3, -0.25) is 14.9 Å². The summed E-state index contributed by atoms with van der Waals surface area (Å²) in [6, 6.07) is 5.31. The molecular formula is C24H27ClF4N4O4. The molecule has 37 heavy (non-hydrogen) atoms. The van der Waals surface area contributed by atoms with Crippen LogP contribution < -0.4 is 20.7 Å². The van der Waals surface area contributed by atoms with Crippen LogP contribution >= 0.6 is 11.6 Å². The fourth-order valence-corrected chi connectivity index (χ4v) is 3.88. The third-order valence-corrected chi connectivity index (χ3v) is 5.89. The first-order chi connectivity index (χ1) is 17.4. The number of hydrogen-bond donors (Lipinski definition) is 3. The maximum absolute atomic E-state index is 14.8. The second-order valence-electron chi connectivity index (χ2n) is 8.68. The van der Waals surface area contributed by atoms with Crippen molar-refractivity contribution in [2.45, 2.75) is 45.2 Å². The Kier molecular flexibility index (Phi) is 9.68. The van der Waals surface area contributed by atoms with E-state index in [1.165, 1.54) is 24.4 Å². The zero-order valence-corrected chi connectivity index (χ0v) is 20.9. The normalized spacial score (nSPS) is 18.0. The highest BCUT2D eigenvalue weighted by Gasteiger charge is 2.32. The highest BCUT2D eigenvalue weighted by atomic mass is 35.5. The SMILES string of the molecule is CC(C)C(=O)NCc1ccc(F)c(C2NC(=O)CC(c3ccc(OCCOCC(F)(F)F)nc3)N2)c1Cl. The number of nitrogens with zero attached hydrogens (tertiary/aromatic N) is 1. The predicted octanol–water partition coefficient (Wildman–Crippen LogP) is 3.95.